The molecule has 2 N–H and O–H groups in total. The SMILES string of the molecule is O=C(Nc1ccc(Cl)c(-c2ccc3c(c2)[nH]c2ncncc23)c1)c1cccc(C(F)(F)F)c1. The van der Waals surface area contributed by atoms with Crippen LogP contribution in [0.3, 0.4) is 0 Å². The summed E-state index contributed by atoms with van der Waals surface area (Å²) < 4.78 is 38.9. The molecule has 0 saturated carbocycles. The van der Waals surface area contributed by atoms with Crippen molar-refractivity contribution in [3.05, 3.63) is 89.3 Å². The van der Waals surface area contributed by atoms with Crippen LogP contribution in [0, 0.1) is 0 Å². The highest BCUT2D eigenvalue weighted by Gasteiger charge is 2.30. The molecule has 0 saturated heterocycles. The molecule has 0 aliphatic heterocycles. The van der Waals surface area contributed by atoms with Crippen molar-refractivity contribution in [2.45, 2.75) is 6.18 Å². The maximum Gasteiger partial charge on any atom is 0.416 e. The van der Waals surface area contributed by atoms with Crippen LogP contribution >= 0.6 is 11.6 Å². The number of hydrogen-bond donors (Lipinski definition) is 2. The summed E-state index contributed by atoms with van der Waals surface area (Å²) in [5, 5.41) is 4.96. The smallest absolute Gasteiger partial charge is 0.339 e. The third-order valence-corrected chi connectivity index (χ3v) is 5.59. The number of carbonyl (C=O) groups excluding carboxylic acids is 1. The van der Waals surface area contributed by atoms with E-state index in [0.29, 0.717) is 21.9 Å². The summed E-state index contributed by atoms with van der Waals surface area (Å²) in [4.78, 5) is 24.1. The second-order valence-corrected chi connectivity index (χ2v) is 7.80. The summed E-state index contributed by atoms with van der Waals surface area (Å²) in [5.41, 5.74) is 2.43. The molecule has 2 aromatic heterocycles. The molecule has 0 fully saturated rings. The van der Waals surface area contributed by atoms with Crippen LogP contribution in [0.4, 0.5) is 18.9 Å². The van der Waals surface area contributed by atoms with Crippen LogP contribution in [0.25, 0.3) is 33.1 Å². The highest BCUT2D eigenvalue weighted by atomic mass is 35.5. The first kappa shape index (κ1) is 21.0. The lowest BCUT2D eigenvalue weighted by atomic mass is 10.0. The summed E-state index contributed by atoms with van der Waals surface area (Å²) in [6, 6.07) is 14.9. The van der Waals surface area contributed by atoms with Crippen molar-refractivity contribution >= 4 is 45.1 Å². The maximum absolute atomic E-state index is 13.0. The van der Waals surface area contributed by atoms with Crippen molar-refractivity contribution in [3.63, 3.8) is 0 Å². The highest BCUT2D eigenvalue weighted by molar-refractivity contribution is 6.33. The van der Waals surface area contributed by atoms with Gasteiger partial charge in [-0.25, -0.2) is 9.97 Å². The summed E-state index contributed by atoms with van der Waals surface area (Å²) >= 11 is 6.41. The molecule has 0 radical (unpaired) electrons. The van der Waals surface area contributed by atoms with Gasteiger partial charge in [0.15, 0.2) is 0 Å². The Morgan fingerprint density at radius 3 is 2.67 bits per heavy atom. The average Bonchev–Trinajstić information content (AvgIpc) is 3.17. The number of nitrogens with zero attached hydrogens (tertiary/aromatic N) is 2. The lowest BCUT2D eigenvalue weighted by Crippen LogP contribution is -2.14. The minimum atomic E-state index is -4.53. The van der Waals surface area contributed by atoms with Crippen molar-refractivity contribution in [3.8, 4) is 11.1 Å². The predicted octanol–water partition coefficient (Wildman–Crippen LogP) is 6.70. The zero-order valence-electron chi connectivity index (χ0n) is 16.7. The van der Waals surface area contributed by atoms with E-state index in [1.54, 1.807) is 24.4 Å². The maximum atomic E-state index is 13.0. The summed E-state index contributed by atoms with van der Waals surface area (Å²) in [6.07, 6.45) is -1.33. The van der Waals surface area contributed by atoms with Gasteiger partial charge in [-0.3, -0.25) is 4.79 Å². The van der Waals surface area contributed by atoms with E-state index in [1.807, 2.05) is 18.2 Å². The first-order valence-electron chi connectivity index (χ1n) is 9.79. The van der Waals surface area contributed by atoms with Crippen LogP contribution in [-0.2, 0) is 6.18 Å². The lowest BCUT2D eigenvalue weighted by Gasteiger charge is -2.11. The zero-order valence-corrected chi connectivity index (χ0v) is 17.5. The second-order valence-electron chi connectivity index (χ2n) is 7.40. The Morgan fingerprint density at radius 1 is 1.00 bits per heavy atom. The van der Waals surface area contributed by atoms with E-state index in [-0.39, 0.29) is 5.56 Å². The van der Waals surface area contributed by atoms with Crippen molar-refractivity contribution in [1.29, 1.82) is 0 Å². The van der Waals surface area contributed by atoms with Gasteiger partial charge in [-0.1, -0.05) is 29.8 Å². The lowest BCUT2D eigenvalue weighted by molar-refractivity contribution is -0.137. The van der Waals surface area contributed by atoms with Gasteiger partial charge in [-0.15, -0.1) is 0 Å². The average molecular weight is 467 g/mol. The van der Waals surface area contributed by atoms with Gasteiger partial charge in [0.2, 0.25) is 0 Å². The van der Waals surface area contributed by atoms with Crippen molar-refractivity contribution < 1.29 is 18.0 Å². The first-order valence-corrected chi connectivity index (χ1v) is 10.2. The highest BCUT2D eigenvalue weighted by Crippen LogP contribution is 2.34. The molecule has 0 atom stereocenters. The normalized spacial score (nSPS) is 11.8. The molecule has 33 heavy (non-hydrogen) atoms. The third-order valence-electron chi connectivity index (χ3n) is 5.26. The molecule has 5 nitrogen and oxygen atoms in total. The number of aromatic amines is 1. The molecule has 0 unspecified atom stereocenters. The van der Waals surface area contributed by atoms with Gasteiger partial charge in [-0.2, -0.15) is 13.2 Å². The Morgan fingerprint density at radius 2 is 1.85 bits per heavy atom. The molecular weight excluding hydrogens is 453 g/mol. The molecule has 3 aromatic carbocycles. The fourth-order valence-electron chi connectivity index (χ4n) is 3.67. The van der Waals surface area contributed by atoms with E-state index < -0.39 is 17.6 Å². The van der Waals surface area contributed by atoms with Crippen LogP contribution in [0.15, 0.2) is 73.2 Å². The molecule has 1 amide bonds. The Labute approximate surface area is 190 Å². The molecular formula is C24H14ClF3N4O. The standard InChI is InChI=1S/C24H14ClF3N4O/c25-20-7-5-16(31-23(33)14-2-1-3-15(8-14)24(26,27)28)10-18(20)13-4-6-17-19-11-29-12-30-22(19)32-21(17)9-13/h1-12H,(H,31,33)(H,29,30,32). The molecule has 0 aliphatic rings. The van der Waals surface area contributed by atoms with Crippen molar-refractivity contribution in [2.24, 2.45) is 0 Å². The largest absolute Gasteiger partial charge is 0.416 e. The van der Waals surface area contributed by atoms with Gasteiger partial charge < -0.3 is 10.3 Å². The number of amides is 1. The fourth-order valence-corrected chi connectivity index (χ4v) is 3.89. The Hall–Kier alpha value is -3.91. The predicted molar refractivity (Wildman–Crippen MR) is 121 cm³/mol. The van der Waals surface area contributed by atoms with Crippen molar-refractivity contribution in [2.75, 3.05) is 5.32 Å². The quantitative estimate of drug-likeness (QED) is 0.310. The Balaban J connectivity index is 1.47. The fraction of sp³-hybridized carbons (Fsp3) is 0.0417. The molecule has 0 spiro atoms. The number of carbonyl (C=O) groups is 1. The number of rotatable bonds is 3. The monoisotopic (exact) mass is 466 g/mol. The number of fused-ring (bicyclic) bond motifs is 3. The van der Waals surface area contributed by atoms with E-state index in [9.17, 15) is 18.0 Å². The van der Waals surface area contributed by atoms with Gasteiger partial charge in [0, 0.05) is 44.3 Å². The number of alkyl halides is 3. The van der Waals surface area contributed by atoms with E-state index in [2.05, 4.69) is 20.3 Å². The van der Waals surface area contributed by atoms with Crippen molar-refractivity contribution in [1.82, 2.24) is 15.0 Å². The topological polar surface area (TPSA) is 70.7 Å². The molecule has 164 valence electrons. The minimum Gasteiger partial charge on any atom is -0.339 e. The number of halogens is 4. The summed E-state index contributed by atoms with van der Waals surface area (Å²) in [6.45, 7) is 0. The number of H-pyrrole nitrogens is 1. The molecule has 0 bridgehead atoms. The molecule has 5 rings (SSSR count). The van der Waals surface area contributed by atoms with E-state index in [4.69, 9.17) is 11.6 Å². The van der Waals surface area contributed by atoms with Crippen LogP contribution in [-0.4, -0.2) is 20.9 Å². The number of anilines is 1. The number of nitrogens with one attached hydrogen (secondary N) is 2. The number of aromatic nitrogens is 3. The molecule has 9 heteroatoms. The summed E-state index contributed by atoms with van der Waals surface area (Å²) in [5.74, 6) is -0.654. The minimum absolute atomic E-state index is 0.0954. The zero-order chi connectivity index (χ0) is 23.2. The van der Waals surface area contributed by atoms with Crippen LogP contribution in [0.2, 0.25) is 5.02 Å². The number of hydrogen-bond acceptors (Lipinski definition) is 3. The Kier molecular flexibility index (Phi) is 5.02. The molecule has 5 aromatic rings. The van der Waals surface area contributed by atoms with Crippen LogP contribution in [0.1, 0.15) is 15.9 Å². The van der Waals surface area contributed by atoms with E-state index in [1.165, 1.54) is 18.5 Å². The van der Waals surface area contributed by atoms with Gasteiger partial charge in [0.1, 0.15) is 12.0 Å². The van der Waals surface area contributed by atoms with Gasteiger partial charge >= 0.3 is 6.18 Å². The number of benzene rings is 3. The second kappa shape index (κ2) is 7.90. The van der Waals surface area contributed by atoms with Gasteiger partial charge in [-0.05, 0) is 48.0 Å². The van der Waals surface area contributed by atoms with Crippen LogP contribution in [0.5, 0.6) is 0 Å². The van der Waals surface area contributed by atoms with E-state index >= 15 is 0 Å². The Bertz CT molecular complexity index is 1530. The third kappa shape index (κ3) is 4.01. The molecule has 2 heterocycles. The first-order chi connectivity index (χ1) is 15.8. The van der Waals surface area contributed by atoms with Gasteiger partial charge in [0.25, 0.3) is 5.91 Å². The van der Waals surface area contributed by atoms with Crippen LogP contribution < -0.4 is 5.32 Å². The van der Waals surface area contributed by atoms with E-state index in [0.717, 1.165) is 34.0 Å². The van der Waals surface area contributed by atoms with Gasteiger partial charge in [0.05, 0.1) is 5.56 Å². The molecule has 0 aliphatic carbocycles. The summed E-state index contributed by atoms with van der Waals surface area (Å²) in [7, 11) is 0.